The van der Waals surface area contributed by atoms with E-state index < -0.39 is 0 Å². The SMILES string of the molecule is CCC(=CP(CC)CC)CC. The summed E-state index contributed by atoms with van der Waals surface area (Å²) in [4.78, 5) is 0. The smallest absolute Gasteiger partial charge is 0.0320 e. The highest BCUT2D eigenvalue weighted by molar-refractivity contribution is 7.60. The summed E-state index contributed by atoms with van der Waals surface area (Å²) in [6.45, 7) is 9.12. The third-order valence-corrected chi connectivity index (χ3v) is 4.44. The average Bonchev–Trinajstić information content (AvgIpc) is 2.07. The maximum Gasteiger partial charge on any atom is -0.0320 e. The minimum Gasteiger partial charge on any atom is -0.0839 e. The summed E-state index contributed by atoms with van der Waals surface area (Å²) in [5, 5.41) is 0. The molecule has 0 aliphatic rings. The second-order valence-corrected chi connectivity index (χ2v) is 5.42. The van der Waals surface area contributed by atoms with Crippen molar-refractivity contribution in [2.24, 2.45) is 0 Å². The van der Waals surface area contributed by atoms with Crippen LogP contribution < -0.4 is 0 Å². The van der Waals surface area contributed by atoms with Crippen LogP contribution >= 0.6 is 7.92 Å². The van der Waals surface area contributed by atoms with E-state index >= 15 is 0 Å². The fraction of sp³-hybridized carbons (Fsp3) is 0.800. The zero-order valence-corrected chi connectivity index (χ0v) is 9.25. The third kappa shape index (κ3) is 4.58. The van der Waals surface area contributed by atoms with Crippen molar-refractivity contribution in [1.82, 2.24) is 0 Å². The highest BCUT2D eigenvalue weighted by atomic mass is 31.1. The minimum atomic E-state index is 0.231. The first-order valence-corrected chi connectivity index (χ1v) is 6.50. The van der Waals surface area contributed by atoms with Crippen molar-refractivity contribution < 1.29 is 0 Å². The van der Waals surface area contributed by atoms with E-state index in [1.165, 1.54) is 25.2 Å². The van der Waals surface area contributed by atoms with Crippen LogP contribution in [0.25, 0.3) is 0 Å². The van der Waals surface area contributed by atoms with Gasteiger partial charge in [0.1, 0.15) is 0 Å². The van der Waals surface area contributed by atoms with Crippen molar-refractivity contribution in [3.8, 4) is 0 Å². The molecule has 66 valence electrons. The molecule has 0 spiro atoms. The van der Waals surface area contributed by atoms with E-state index in [1.54, 1.807) is 5.57 Å². The van der Waals surface area contributed by atoms with Gasteiger partial charge in [0.2, 0.25) is 0 Å². The van der Waals surface area contributed by atoms with Gasteiger partial charge in [-0.25, -0.2) is 0 Å². The molecule has 0 amide bonds. The van der Waals surface area contributed by atoms with E-state index in [2.05, 4.69) is 33.5 Å². The predicted octanol–water partition coefficient (Wildman–Crippen LogP) is 4.21. The Bertz CT molecular complexity index is 106. The summed E-state index contributed by atoms with van der Waals surface area (Å²) in [6.07, 6.45) is 5.20. The molecule has 1 heteroatoms. The van der Waals surface area contributed by atoms with Crippen LogP contribution in [0, 0.1) is 0 Å². The van der Waals surface area contributed by atoms with Gasteiger partial charge in [0.15, 0.2) is 0 Å². The van der Waals surface area contributed by atoms with Crippen molar-refractivity contribution in [2.45, 2.75) is 40.5 Å². The Kier molecular flexibility index (Phi) is 6.96. The van der Waals surface area contributed by atoms with E-state index in [0.717, 1.165) is 0 Å². The molecule has 11 heavy (non-hydrogen) atoms. The van der Waals surface area contributed by atoms with Gasteiger partial charge in [-0.15, -0.1) is 0 Å². The fourth-order valence-electron chi connectivity index (χ4n) is 1.10. The Morgan fingerprint density at radius 1 is 1.00 bits per heavy atom. The van der Waals surface area contributed by atoms with Gasteiger partial charge in [0, 0.05) is 0 Å². The third-order valence-electron chi connectivity index (χ3n) is 2.09. The van der Waals surface area contributed by atoms with Crippen LogP contribution in [0.5, 0.6) is 0 Å². The molecular weight excluding hydrogens is 151 g/mol. The molecular formula is C10H21P. The summed E-state index contributed by atoms with van der Waals surface area (Å²) in [7, 11) is 0.231. The van der Waals surface area contributed by atoms with E-state index in [1.807, 2.05) is 0 Å². The number of rotatable bonds is 5. The molecule has 0 nitrogen and oxygen atoms in total. The Morgan fingerprint density at radius 3 is 1.73 bits per heavy atom. The molecule has 0 saturated carbocycles. The van der Waals surface area contributed by atoms with Gasteiger partial charge in [0.25, 0.3) is 0 Å². The number of hydrogen-bond donors (Lipinski definition) is 0. The second-order valence-electron chi connectivity index (χ2n) is 2.72. The summed E-state index contributed by atoms with van der Waals surface area (Å²) in [6, 6.07) is 0. The van der Waals surface area contributed by atoms with Gasteiger partial charge >= 0.3 is 0 Å². The summed E-state index contributed by atoms with van der Waals surface area (Å²) >= 11 is 0. The molecule has 0 aromatic heterocycles. The van der Waals surface area contributed by atoms with Gasteiger partial charge < -0.3 is 0 Å². The summed E-state index contributed by atoms with van der Waals surface area (Å²) in [5.74, 6) is 2.54. The quantitative estimate of drug-likeness (QED) is 0.545. The van der Waals surface area contributed by atoms with Crippen molar-refractivity contribution in [1.29, 1.82) is 0 Å². The van der Waals surface area contributed by atoms with Crippen LogP contribution in [0.1, 0.15) is 40.5 Å². The molecule has 0 atom stereocenters. The molecule has 0 saturated heterocycles. The normalized spacial score (nSPS) is 10.3. The molecule has 0 N–H and O–H groups in total. The second kappa shape index (κ2) is 6.85. The molecule has 0 rings (SSSR count). The highest BCUT2D eigenvalue weighted by Crippen LogP contribution is 2.38. The molecule has 0 fully saturated rings. The molecule has 0 bridgehead atoms. The molecule has 0 radical (unpaired) electrons. The maximum absolute atomic E-state index is 2.54. The van der Waals surface area contributed by atoms with E-state index in [4.69, 9.17) is 0 Å². The zero-order valence-electron chi connectivity index (χ0n) is 8.35. The summed E-state index contributed by atoms with van der Waals surface area (Å²) < 4.78 is 0. The Hall–Kier alpha value is 0.170. The lowest BCUT2D eigenvalue weighted by atomic mass is 10.2. The average molecular weight is 172 g/mol. The first-order valence-electron chi connectivity index (χ1n) is 4.71. The van der Waals surface area contributed by atoms with Gasteiger partial charge in [0.05, 0.1) is 0 Å². The van der Waals surface area contributed by atoms with Crippen LogP contribution in [0.4, 0.5) is 0 Å². The highest BCUT2D eigenvalue weighted by Gasteiger charge is 1.98. The number of hydrogen-bond acceptors (Lipinski definition) is 0. The molecule has 0 heterocycles. The topological polar surface area (TPSA) is 0 Å². The maximum atomic E-state index is 2.54. The summed E-state index contributed by atoms with van der Waals surface area (Å²) in [5.41, 5.74) is 1.65. The van der Waals surface area contributed by atoms with Gasteiger partial charge in [-0.3, -0.25) is 0 Å². The first-order chi connectivity index (χ1) is 5.28. The van der Waals surface area contributed by atoms with Gasteiger partial charge in [-0.05, 0) is 25.2 Å². The lowest BCUT2D eigenvalue weighted by Crippen LogP contribution is -1.82. The van der Waals surface area contributed by atoms with Crippen molar-refractivity contribution in [3.05, 3.63) is 11.4 Å². The standard InChI is InChI=1S/C10H21P/c1-5-10(6-2)9-11(7-3)8-4/h9H,5-8H2,1-4H3. The molecule has 0 aromatic carbocycles. The Labute approximate surface area is 72.8 Å². The lowest BCUT2D eigenvalue weighted by molar-refractivity contribution is 0.982. The van der Waals surface area contributed by atoms with Crippen molar-refractivity contribution in [2.75, 3.05) is 12.3 Å². The lowest BCUT2D eigenvalue weighted by Gasteiger charge is -2.09. The molecule has 0 aliphatic heterocycles. The minimum absolute atomic E-state index is 0.231. The predicted molar refractivity (Wildman–Crippen MR) is 56.7 cm³/mol. The Morgan fingerprint density at radius 2 is 1.45 bits per heavy atom. The van der Waals surface area contributed by atoms with Crippen LogP contribution in [0.3, 0.4) is 0 Å². The Balaban J connectivity index is 3.98. The number of allylic oxidation sites excluding steroid dienone is 1. The van der Waals surface area contributed by atoms with Crippen molar-refractivity contribution >= 4 is 7.92 Å². The molecule has 0 aromatic rings. The van der Waals surface area contributed by atoms with E-state index in [0.29, 0.717) is 0 Å². The fourth-order valence-corrected chi connectivity index (χ4v) is 2.79. The largest absolute Gasteiger partial charge is 0.0839 e. The van der Waals surface area contributed by atoms with Gasteiger partial charge in [-0.1, -0.05) is 47.0 Å². The van der Waals surface area contributed by atoms with Crippen LogP contribution in [0.2, 0.25) is 0 Å². The molecule has 0 unspecified atom stereocenters. The van der Waals surface area contributed by atoms with Crippen LogP contribution in [-0.4, -0.2) is 12.3 Å². The van der Waals surface area contributed by atoms with Gasteiger partial charge in [-0.2, -0.15) is 0 Å². The molecule has 0 aliphatic carbocycles. The van der Waals surface area contributed by atoms with Crippen LogP contribution in [-0.2, 0) is 0 Å². The zero-order chi connectivity index (χ0) is 8.69. The van der Waals surface area contributed by atoms with Crippen LogP contribution in [0.15, 0.2) is 11.4 Å². The monoisotopic (exact) mass is 172 g/mol. The van der Waals surface area contributed by atoms with E-state index in [9.17, 15) is 0 Å². The first kappa shape index (κ1) is 11.2. The van der Waals surface area contributed by atoms with Crippen molar-refractivity contribution in [3.63, 3.8) is 0 Å². The van der Waals surface area contributed by atoms with E-state index in [-0.39, 0.29) is 7.92 Å².